The molecule has 2 aromatic rings. The number of thiophene rings is 2. The minimum atomic E-state index is -3.68. The van der Waals surface area contributed by atoms with Crippen LogP contribution in [0.5, 0.6) is 0 Å². The van der Waals surface area contributed by atoms with E-state index < -0.39 is 16.0 Å². The Hall–Kier alpha value is -1.38. The van der Waals surface area contributed by atoms with Gasteiger partial charge in [0.25, 0.3) is 10.0 Å². The zero-order valence-corrected chi connectivity index (χ0v) is 14.2. The Labute approximate surface area is 131 Å². The monoisotopic (exact) mass is 345 g/mol. The zero-order chi connectivity index (χ0) is 15.6. The van der Waals surface area contributed by atoms with Gasteiger partial charge >= 0.3 is 5.97 Å². The number of hydrogen-bond acceptors (Lipinski definition) is 6. The average molecular weight is 345 g/mol. The summed E-state index contributed by atoms with van der Waals surface area (Å²) in [5.41, 5.74) is 0.246. The van der Waals surface area contributed by atoms with Gasteiger partial charge in [0.2, 0.25) is 0 Å². The maximum atomic E-state index is 12.3. The number of nitrogens with one attached hydrogen (secondary N) is 1. The Bertz CT molecular complexity index is 758. The molecule has 0 bridgehead atoms. The first-order valence-corrected chi connectivity index (χ1v) is 9.32. The lowest BCUT2D eigenvalue weighted by atomic mass is 10.3. The van der Waals surface area contributed by atoms with Crippen LogP contribution in [0.2, 0.25) is 0 Å². The van der Waals surface area contributed by atoms with E-state index in [2.05, 4.69) is 4.72 Å². The molecule has 2 rings (SSSR count). The summed E-state index contributed by atoms with van der Waals surface area (Å²) in [5.74, 6) is -0.526. The molecule has 0 aliphatic carbocycles. The highest BCUT2D eigenvalue weighted by atomic mass is 32.2. The molecular formula is C13H15NO4S3. The summed E-state index contributed by atoms with van der Waals surface area (Å²) in [6, 6.07) is 4.91. The summed E-state index contributed by atoms with van der Waals surface area (Å²) < 4.78 is 32.3. The Balaban J connectivity index is 2.33. The predicted molar refractivity (Wildman–Crippen MR) is 84.9 cm³/mol. The Morgan fingerprint density at radius 1 is 1.24 bits per heavy atom. The molecule has 2 heterocycles. The van der Waals surface area contributed by atoms with E-state index in [1.807, 2.05) is 6.92 Å². The maximum absolute atomic E-state index is 12.3. The fourth-order valence-electron chi connectivity index (χ4n) is 1.68. The van der Waals surface area contributed by atoms with E-state index in [0.29, 0.717) is 0 Å². The number of carbonyl (C=O) groups excluding carboxylic acids is 1. The summed E-state index contributed by atoms with van der Waals surface area (Å²) in [4.78, 5) is 13.6. The molecule has 1 N–H and O–H groups in total. The molecule has 0 spiro atoms. The standard InChI is InChI=1S/C13H15NO4S3/c1-4-18-13(15)10-7-9(3)20-12(10)14-21(16,17)11-6-5-8(2)19-11/h5-7,14H,4H2,1-3H3. The molecule has 0 saturated heterocycles. The van der Waals surface area contributed by atoms with Crippen LogP contribution < -0.4 is 4.72 Å². The highest BCUT2D eigenvalue weighted by Gasteiger charge is 2.22. The quantitative estimate of drug-likeness (QED) is 0.843. The molecule has 0 unspecified atom stereocenters. The van der Waals surface area contributed by atoms with Gasteiger partial charge < -0.3 is 4.74 Å². The lowest BCUT2D eigenvalue weighted by Crippen LogP contribution is -2.13. The molecule has 2 aromatic heterocycles. The van der Waals surface area contributed by atoms with Gasteiger partial charge in [0.1, 0.15) is 9.21 Å². The highest BCUT2D eigenvalue weighted by molar-refractivity contribution is 7.94. The van der Waals surface area contributed by atoms with Crippen LogP contribution in [0.25, 0.3) is 0 Å². The third kappa shape index (κ3) is 3.63. The third-order valence-electron chi connectivity index (χ3n) is 2.56. The van der Waals surface area contributed by atoms with Gasteiger partial charge in [0.05, 0.1) is 12.2 Å². The first-order valence-electron chi connectivity index (χ1n) is 6.20. The van der Waals surface area contributed by atoms with Gasteiger partial charge in [-0.2, -0.15) is 0 Å². The van der Waals surface area contributed by atoms with Crippen molar-refractivity contribution in [1.29, 1.82) is 0 Å². The summed E-state index contributed by atoms with van der Waals surface area (Å²) in [6.07, 6.45) is 0. The maximum Gasteiger partial charge on any atom is 0.341 e. The van der Waals surface area contributed by atoms with Gasteiger partial charge in [-0.1, -0.05) is 0 Å². The molecule has 5 nitrogen and oxygen atoms in total. The Kier molecular flexibility index (Phi) is 4.70. The van der Waals surface area contributed by atoms with Crippen molar-refractivity contribution < 1.29 is 17.9 Å². The predicted octanol–water partition coefficient (Wildman–Crippen LogP) is 3.40. The number of anilines is 1. The minimum absolute atomic E-state index is 0.223. The van der Waals surface area contributed by atoms with Crippen molar-refractivity contribution in [2.75, 3.05) is 11.3 Å². The van der Waals surface area contributed by atoms with Crippen LogP contribution in [0.15, 0.2) is 22.4 Å². The van der Waals surface area contributed by atoms with Crippen molar-refractivity contribution in [3.63, 3.8) is 0 Å². The number of aryl methyl sites for hydroxylation is 2. The van der Waals surface area contributed by atoms with Crippen LogP contribution in [-0.2, 0) is 14.8 Å². The van der Waals surface area contributed by atoms with E-state index in [9.17, 15) is 13.2 Å². The Morgan fingerprint density at radius 3 is 2.52 bits per heavy atom. The van der Waals surface area contributed by atoms with Gasteiger partial charge in [-0.25, -0.2) is 13.2 Å². The second-order valence-corrected chi connectivity index (χ2v) is 8.74. The molecular weight excluding hydrogens is 330 g/mol. The van der Waals surface area contributed by atoms with Crippen molar-refractivity contribution >= 4 is 43.7 Å². The molecule has 0 fully saturated rings. The summed E-state index contributed by atoms with van der Waals surface area (Å²) >= 11 is 2.39. The van der Waals surface area contributed by atoms with Crippen LogP contribution in [0.3, 0.4) is 0 Å². The Morgan fingerprint density at radius 2 is 1.95 bits per heavy atom. The number of hydrogen-bond donors (Lipinski definition) is 1. The fraction of sp³-hybridized carbons (Fsp3) is 0.308. The molecule has 0 saturated carbocycles. The van der Waals surface area contributed by atoms with Crippen molar-refractivity contribution in [2.24, 2.45) is 0 Å². The number of ether oxygens (including phenoxy) is 1. The van der Waals surface area contributed by atoms with Crippen molar-refractivity contribution in [3.8, 4) is 0 Å². The number of sulfonamides is 1. The largest absolute Gasteiger partial charge is 0.462 e. The number of rotatable bonds is 5. The molecule has 0 aliphatic heterocycles. The minimum Gasteiger partial charge on any atom is -0.462 e. The van der Waals surface area contributed by atoms with Crippen LogP contribution in [-0.4, -0.2) is 21.0 Å². The van der Waals surface area contributed by atoms with E-state index in [1.54, 1.807) is 32.0 Å². The van der Waals surface area contributed by atoms with Gasteiger partial charge in [0, 0.05) is 9.75 Å². The average Bonchev–Trinajstić information content (AvgIpc) is 2.96. The number of esters is 1. The van der Waals surface area contributed by atoms with Gasteiger partial charge in [-0.3, -0.25) is 4.72 Å². The third-order valence-corrected chi connectivity index (χ3v) is 6.50. The first kappa shape index (κ1) is 16.0. The zero-order valence-electron chi connectivity index (χ0n) is 11.8. The van der Waals surface area contributed by atoms with Crippen LogP contribution in [0.4, 0.5) is 5.00 Å². The second-order valence-electron chi connectivity index (χ2n) is 4.29. The summed E-state index contributed by atoms with van der Waals surface area (Å²) in [6.45, 7) is 5.59. The lowest BCUT2D eigenvalue weighted by Gasteiger charge is -2.06. The van der Waals surface area contributed by atoms with Crippen LogP contribution in [0, 0.1) is 13.8 Å². The van der Waals surface area contributed by atoms with E-state index in [4.69, 9.17) is 4.74 Å². The van der Waals surface area contributed by atoms with Gasteiger partial charge in [-0.15, -0.1) is 22.7 Å². The normalized spacial score (nSPS) is 11.4. The van der Waals surface area contributed by atoms with Crippen molar-refractivity contribution in [3.05, 3.63) is 33.5 Å². The van der Waals surface area contributed by atoms with Gasteiger partial charge in [-0.05, 0) is 39.0 Å². The molecule has 0 aromatic carbocycles. The molecule has 0 radical (unpaired) electrons. The van der Waals surface area contributed by atoms with Gasteiger partial charge in [0.15, 0.2) is 0 Å². The first-order chi connectivity index (χ1) is 9.83. The van der Waals surface area contributed by atoms with Crippen LogP contribution in [0.1, 0.15) is 27.0 Å². The van der Waals surface area contributed by atoms with E-state index in [-0.39, 0.29) is 21.4 Å². The smallest absolute Gasteiger partial charge is 0.341 e. The lowest BCUT2D eigenvalue weighted by molar-refractivity contribution is 0.0528. The molecule has 0 amide bonds. The van der Waals surface area contributed by atoms with Crippen molar-refractivity contribution in [1.82, 2.24) is 0 Å². The van der Waals surface area contributed by atoms with E-state index >= 15 is 0 Å². The molecule has 0 aliphatic rings. The molecule has 21 heavy (non-hydrogen) atoms. The highest BCUT2D eigenvalue weighted by Crippen LogP contribution is 2.31. The van der Waals surface area contributed by atoms with E-state index in [0.717, 1.165) is 9.75 Å². The van der Waals surface area contributed by atoms with Crippen molar-refractivity contribution in [2.45, 2.75) is 25.0 Å². The molecule has 0 atom stereocenters. The topological polar surface area (TPSA) is 72.5 Å². The molecule has 8 heteroatoms. The second kappa shape index (κ2) is 6.17. The molecule has 114 valence electrons. The fourth-order valence-corrected chi connectivity index (χ4v) is 5.18. The van der Waals surface area contributed by atoms with E-state index in [1.165, 1.54) is 22.7 Å². The summed E-state index contributed by atoms with van der Waals surface area (Å²) in [7, 11) is -3.68. The SMILES string of the molecule is CCOC(=O)c1cc(C)sc1NS(=O)(=O)c1ccc(C)s1. The summed E-state index contributed by atoms with van der Waals surface area (Å²) in [5, 5.41) is 0.289. The number of carbonyl (C=O) groups is 1. The van der Waals surface area contributed by atoms with Crippen LogP contribution >= 0.6 is 22.7 Å².